The monoisotopic (exact) mass is 455 g/mol. The SMILES string of the molecule is Cc1nccn1Cc1ccc(Nc2nccc(-c3ccc(N4CC[C@H](F)C4)c(C#N)n3)n2)cn1. The zero-order valence-corrected chi connectivity index (χ0v) is 18.6. The summed E-state index contributed by atoms with van der Waals surface area (Å²) in [7, 11) is 0. The van der Waals surface area contributed by atoms with Crippen molar-refractivity contribution in [2.75, 3.05) is 23.3 Å². The summed E-state index contributed by atoms with van der Waals surface area (Å²) in [5.41, 5.74) is 3.69. The van der Waals surface area contributed by atoms with Crippen molar-refractivity contribution in [2.24, 2.45) is 0 Å². The molecule has 1 aliphatic rings. The first kappa shape index (κ1) is 21.5. The van der Waals surface area contributed by atoms with Gasteiger partial charge in [0.1, 0.15) is 18.1 Å². The molecule has 5 heterocycles. The Labute approximate surface area is 196 Å². The summed E-state index contributed by atoms with van der Waals surface area (Å²) in [6, 6.07) is 11.3. The second-order valence-corrected chi connectivity index (χ2v) is 8.04. The average molecular weight is 456 g/mol. The van der Waals surface area contributed by atoms with Crippen molar-refractivity contribution in [1.29, 1.82) is 5.26 Å². The van der Waals surface area contributed by atoms with Gasteiger partial charge < -0.3 is 14.8 Å². The topological polar surface area (TPSA) is 108 Å². The predicted octanol–water partition coefficient (Wildman–Crippen LogP) is 3.65. The fourth-order valence-electron chi connectivity index (χ4n) is 3.90. The highest BCUT2D eigenvalue weighted by atomic mass is 19.1. The van der Waals surface area contributed by atoms with E-state index in [1.165, 1.54) is 0 Å². The molecule has 1 fully saturated rings. The van der Waals surface area contributed by atoms with E-state index in [1.807, 2.05) is 34.7 Å². The van der Waals surface area contributed by atoms with Crippen molar-refractivity contribution in [3.8, 4) is 17.5 Å². The zero-order valence-electron chi connectivity index (χ0n) is 18.6. The van der Waals surface area contributed by atoms with Crippen molar-refractivity contribution in [3.05, 3.63) is 72.3 Å². The number of halogens is 1. The highest BCUT2D eigenvalue weighted by Gasteiger charge is 2.24. The lowest BCUT2D eigenvalue weighted by Crippen LogP contribution is -2.21. The van der Waals surface area contributed by atoms with Gasteiger partial charge >= 0.3 is 0 Å². The van der Waals surface area contributed by atoms with Gasteiger partial charge in [-0.2, -0.15) is 5.26 Å². The van der Waals surface area contributed by atoms with E-state index in [9.17, 15) is 9.65 Å². The third-order valence-corrected chi connectivity index (χ3v) is 5.71. The number of anilines is 3. The lowest BCUT2D eigenvalue weighted by molar-refractivity contribution is 0.364. The molecule has 0 amide bonds. The lowest BCUT2D eigenvalue weighted by Gasteiger charge is -2.18. The van der Waals surface area contributed by atoms with Crippen LogP contribution in [0.4, 0.5) is 21.7 Å². The highest BCUT2D eigenvalue weighted by Crippen LogP contribution is 2.27. The summed E-state index contributed by atoms with van der Waals surface area (Å²) < 4.78 is 15.6. The second kappa shape index (κ2) is 9.23. The standard InChI is InChI=1S/C24H22FN9/c1-16-27-9-11-33(16)15-19-3-2-18(13-29-19)30-24-28-8-6-21(32-24)20-4-5-23(22(12-26)31-20)34-10-7-17(25)14-34/h2-6,8-9,11,13,17H,7,10,14-15H2,1H3,(H,28,30,32)/t17-/m0/s1. The molecule has 10 heteroatoms. The molecule has 0 spiro atoms. The molecule has 1 aliphatic heterocycles. The van der Waals surface area contributed by atoms with Crippen LogP contribution in [0.2, 0.25) is 0 Å². The van der Waals surface area contributed by atoms with Crippen LogP contribution in [-0.4, -0.2) is 48.7 Å². The van der Waals surface area contributed by atoms with Crippen LogP contribution in [0, 0.1) is 18.3 Å². The Morgan fingerprint density at radius 2 is 1.97 bits per heavy atom. The van der Waals surface area contributed by atoms with Gasteiger partial charge in [-0.15, -0.1) is 0 Å². The van der Waals surface area contributed by atoms with Crippen LogP contribution >= 0.6 is 0 Å². The van der Waals surface area contributed by atoms with Gasteiger partial charge in [0.05, 0.1) is 41.2 Å². The van der Waals surface area contributed by atoms with E-state index in [1.54, 1.807) is 36.8 Å². The summed E-state index contributed by atoms with van der Waals surface area (Å²) >= 11 is 0. The maximum absolute atomic E-state index is 13.6. The van der Waals surface area contributed by atoms with E-state index in [2.05, 4.69) is 36.3 Å². The van der Waals surface area contributed by atoms with Crippen molar-refractivity contribution in [2.45, 2.75) is 26.1 Å². The van der Waals surface area contributed by atoms with E-state index < -0.39 is 6.17 Å². The molecule has 0 aromatic carbocycles. The Bertz CT molecular complexity index is 1340. The summed E-state index contributed by atoms with van der Waals surface area (Å²) in [5, 5.41) is 12.7. The molecule has 5 rings (SSSR count). The smallest absolute Gasteiger partial charge is 0.227 e. The molecule has 0 aliphatic carbocycles. The third-order valence-electron chi connectivity index (χ3n) is 5.71. The first-order chi connectivity index (χ1) is 16.6. The molecule has 0 bridgehead atoms. The number of hydrogen-bond acceptors (Lipinski definition) is 8. The van der Waals surface area contributed by atoms with Crippen LogP contribution in [0.5, 0.6) is 0 Å². The van der Waals surface area contributed by atoms with E-state index >= 15 is 0 Å². The minimum absolute atomic E-state index is 0.257. The molecule has 1 atom stereocenters. The van der Waals surface area contributed by atoms with Crippen LogP contribution in [-0.2, 0) is 6.54 Å². The van der Waals surface area contributed by atoms with Gasteiger partial charge in [-0.05, 0) is 43.7 Å². The van der Waals surface area contributed by atoms with Gasteiger partial charge in [0.2, 0.25) is 5.95 Å². The number of nitrogens with one attached hydrogen (secondary N) is 1. The Kier molecular flexibility index (Phi) is 5.82. The van der Waals surface area contributed by atoms with Gasteiger partial charge in [-0.3, -0.25) is 4.98 Å². The number of rotatable bonds is 6. The highest BCUT2D eigenvalue weighted by molar-refractivity contribution is 5.65. The minimum Gasteiger partial charge on any atom is -0.366 e. The molecule has 0 unspecified atom stereocenters. The van der Waals surface area contributed by atoms with Gasteiger partial charge in [0.25, 0.3) is 0 Å². The predicted molar refractivity (Wildman–Crippen MR) is 125 cm³/mol. The number of nitrogens with zero attached hydrogens (tertiary/aromatic N) is 8. The number of alkyl halides is 1. The molecular formula is C24H22FN9. The van der Waals surface area contributed by atoms with Crippen molar-refractivity contribution >= 4 is 17.3 Å². The van der Waals surface area contributed by atoms with Crippen LogP contribution in [0.25, 0.3) is 11.4 Å². The quantitative estimate of drug-likeness (QED) is 0.469. The number of aromatic nitrogens is 6. The number of hydrogen-bond donors (Lipinski definition) is 1. The van der Waals surface area contributed by atoms with Gasteiger partial charge in [0.15, 0.2) is 5.69 Å². The van der Waals surface area contributed by atoms with E-state index in [4.69, 9.17) is 0 Å². The Morgan fingerprint density at radius 1 is 1.09 bits per heavy atom. The molecule has 0 saturated carbocycles. The fourth-order valence-corrected chi connectivity index (χ4v) is 3.90. The van der Waals surface area contributed by atoms with Gasteiger partial charge in [-0.1, -0.05) is 0 Å². The van der Waals surface area contributed by atoms with E-state index in [-0.39, 0.29) is 12.2 Å². The fraction of sp³-hybridized carbons (Fsp3) is 0.250. The van der Waals surface area contributed by atoms with E-state index in [0.29, 0.717) is 42.5 Å². The summed E-state index contributed by atoms with van der Waals surface area (Å²) in [5.74, 6) is 1.32. The van der Waals surface area contributed by atoms with Crippen LogP contribution in [0.3, 0.4) is 0 Å². The summed E-state index contributed by atoms with van der Waals surface area (Å²) in [4.78, 5) is 23.9. The minimum atomic E-state index is -0.875. The lowest BCUT2D eigenvalue weighted by atomic mass is 10.2. The number of aryl methyl sites for hydroxylation is 1. The first-order valence-electron chi connectivity index (χ1n) is 10.9. The molecule has 170 valence electrons. The largest absolute Gasteiger partial charge is 0.366 e. The molecule has 1 N–H and O–H groups in total. The van der Waals surface area contributed by atoms with Gasteiger partial charge in [-0.25, -0.2) is 24.3 Å². The number of nitriles is 1. The molecule has 1 saturated heterocycles. The van der Waals surface area contributed by atoms with Crippen LogP contribution in [0.15, 0.2) is 55.1 Å². The molecule has 4 aromatic heterocycles. The Hall–Kier alpha value is -4.39. The molecule has 9 nitrogen and oxygen atoms in total. The van der Waals surface area contributed by atoms with E-state index in [0.717, 1.165) is 17.2 Å². The second-order valence-electron chi connectivity index (χ2n) is 8.04. The molecular weight excluding hydrogens is 433 g/mol. The first-order valence-corrected chi connectivity index (χ1v) is 10.9. The third kappa shape index (κ3) is 4.54. The molecule has 34 heavy (non-hydrogen) atoms. The Balaban J connectivity index is 1.32. The summed E-state index contributed by atoms with van der Waals surface area (Å²) in [6.45, 7) is 3.46. The average Bonchev–Trinajstić information content (AvgIpc) is 3.48. The van der Waals surface area contributed by atoms with Crippen molar-refractivity contribution in [1.82, 2.24) is 29.5 Å². The van der Waals surface area contributed by atoms with Crippen molar-refractivity contribution < 1.29 is 4.39 Å². The van der Waals surface area contributed by atoms with Crippen LogP contribution in [0.1, 0.15) is 23.6 Å². The summed E-state index contributed by atoms with van der Waals surface area (Å²) in [6.07, 6.45) is 6.64. The number of pyridine rings is 2. The maximum Gasteiger partial charge on any atom is 0.227 e. The van der Waals surface area contributed by atoms with Crippen LogP contribution < -0.4 is 10.2 Å². The normalized spacial score (nSPS) is 15.3. The van der Waals surface area contributed by atoms with Gasteiger partial charge in [0, 0.05) is 31.7 Å². The maximum atomic E-state index is 13.6. The molecule has 4 aromatic rings. The molecule has 0 radical (unpaired) electrons. The van der Waals surface area contributed by atoms with Crippen molar-refractivity contribution in [3.63, 3.8) is 0 Å². The Morgan fingerprint density at radius 3 is 2.68 bits per heavy atom. The number of imidazole rings is 1. The zero-order chi connectivity index (χ0) is 23.5.